The molecule has 1 heterocycles. The Morgan fingerprint density at radius 1 is 1.03 bits per heavy atom. The summed E-state index contributed by atoms with van der Waals surface area (Å²) < 4.78 is 11.2. The molecule has 164 valence electrons. The van der Waals surface area contributed by atoms with E-state index in [-0.39, 0.29) is 18.2 Å². The summed E-state index contributed by atoms with van der Waals surface area (Å²) in [7, 11) is 0. The van der Waals surface area contributed by atoms with Crippen LogP contribution in [0.25, 0.3) is 0 Å². The zero-order valence-electron chi connectivity index (χ0n) is 18.2. The molecule has 0 saturated heterocycles. The average Bonchev–Trinajstić information content (AvgIpc) is 2.79. The SMILES string of the molecule is CCOc1ccc(CC(=O)Nc2ccc3c(c2)N(Cc2ccccc2)C(=O)C(C)O3)cc1. The van der Waals surface area contributed by atoms with Crippen LogP contribution in [-0.2, 0) is 22.6 Å². The smallest absolute Gasteiger partial charge is 0.268 e. The molecule has 2 amide bonds. The Hall–Kier alpha value is -3.80. The van der Waals surface area contributed by atoms with Gasteiger partial charge in [0.25, 0.3) is 5.91 Å². The minimum absolute atomic E-state index is 0.112. The predicted octanol–water partition coefficient (Wildman–Crippen LogP) is 4.58. The lowest BCUT2D eigenvalue weighted by atomic mass is 10.1. The molecule has 4 rings (SSSR count). The number of fused-ring (bicyclic) bond motifs is 1. The first-order valence-corrected chi connectivity index (χ1v) is 10.7. The molecule has 6 heteroatoms. The summed E-state index contributed by atoms with van der Waals surface area (Å²) in [5.74, 6) is 1.15. The van der Waals surface area contributed by atoms with E-state index in [9.17, 15) is 9.59 Å². The zero-order valence-corrected chi connectivity index (χ0v) is 18.2. The molecule has 1 aliphatic heterocycles. The van der Waals surface area contributed by atoms with Gasteiger partial charge >= 0.3 is 0 Å². The van der Waals surface area contributed by atoms with Crippen LogP contribution in [-0.4, -0.2) is 24.5 Å². The normalized spacial score (nSPS) is 15.0. The van der Waals surface area contributed by atoms with Crippen molar-refractivity contribution in [2.75, 3.05) is 16.8 Å². The van der Waals surface area contributed by atoms with Gasteiger partial charge < -0.3 is 19.7 Å². The van der Waals surface area contributed by atoms with Crippen LogP contribution in [0.4, 0.5) is 11.4 Å². The second-order valence-electron chi connectivity index (χ2n) is 7.65. The van der Waals surface area contributed by atoms with Gasteiger partial charge in [0.05, 0.1) is 25.3 Å². The third-order valence-electron chi connectivity index (χ3n) is 5.23. The minimum atomic E-state index is -0.564. The molecule has 32 heavy (non-hydrogen) atoms. The molecule has 0 saturated carbocycles. The van der Waals surface area contributed by atoms with E-state index >= 15 is 0 Å². The first-order chi connectivity index (χ1) is 15.5. The molecule has 1 atom stereocenters. The van der Waals surface area contributed by atoms with Crippen molar-refractivity contribution in [3.05, 3.63) is 83.9 Å². The predicted molar refractivity (Wildman–Crippen MR) is 124 cm³/mol. The van der Waals surface area contributed by atoms with E-state index in [4.69, 9.17) is 9.47 Å². The third-order valence-corrected chi connectivity index (χ3v) is 5.23. The van der Waals surface area contributed by atoms with Gasteiger partial charge in [0.15, 0.2) is 6.10 Å². The van der Waals surface area contributed by atoms with E-state index < -0.39 is 6.10 Å². The summed E-state index contributed by atoms with van der Waals surface area (Å²) in [6, 6.07) is 22.7. The summed E-state index contributed by atoms with van der Waals surface area (Å²) in [5, 5.41) is 2.93. The molecule has 3 aromatic rings. The monoisotopic (exact) mass is 430 g/mol. The fourth-order valence-corrected chi connectivity index (χ4v) is 3.67. The van der Waals surface area contributed by atoms with Crippen molar-refractivity contribution in [1.82, 2.24) is 0 Å². The Morgan fingerprint density at radius 3 is 2.50 bits per heavy atom. The van der Waals surface area contributed by atoms with E-state index in [1.54, 1.807) is 30.0 Å². The Balaban J connectivity index is 1.50. The van der Waals surface area contributed by atoms with Crippen molar-refractivity contribution in [3.63, 3.8) is 0 Å². The molecule has 1 N–H and O–H groups in total. The Kier molecular flexibility index (Phi) is 6.40. The fourth-order valence-electron chi connectivity index (χ4n) is 3.67. The largest absolute Gasteiger partial charge is 0.494 e. The standard InChI is InChI=1S/C26H26N2O4/c1-3-31-22-12-9-19(10-13-22)15-25(29)27-21-11-14-24-23(16-21)28(26(30)18(2)32-24)17-20-7-5-4-6-8-20/h4-14,16,18H,3,15,17H2,1-2H3,(H,27,29). The maximum atomic E-state index is 12.8. The van der Waals surface area contributed by atoms with Crippen molar-refractivity contribution >= 4 is 23.2 Å². The Bertz CT molecular complexity index is 1100. The van der Waals surface area contributed by atoms with E-state index in [1.807, 2.05) is 61.5 Å². The van der Waals surface area contributed by atoms with Gasteiger partial charge in [0, 0.05) is 5.69 Å². The van der Waals surface area contributed by atoms with Crippen molar-refractivity contribution in [3.8, 4) is 11.5 Å². The number of hydrogen-bond donors (Lipinski definition) is 1. The van der Waals surface area contributed by atoms with Crippen LogP contribution in [0.3, 0.4) is 0 Å². The van der Waals surface area contributed by atoms with Gasteiger partial charge in [-0.15, -0.1) is 0 Å². The number of rotatable bonds is 7. The number of nitrogens with zero attached hydrogens (tertiary/aromatic N) is 1. The van der Waals surface area contributed by atoms with E-state index in [0.717, 1.165) is 16.9 Å². The molecule has 0 aromatic heterocycles. The summed E-state index contributed by atoms with van der Waals surface area (Å²) in [5.41, 5.74) is 3.17. The number of hydrogen-bond acceptors (Lipinski definition) is 4. The molecule has 0 aliphatic carbocycles. The van der Waals surface area contributed by atoms with Crippen LogP contribution in [0.15, 0.2) is 72.8 Å². The van der Waals surface area contributed by atoms with Crippen molar-refractivity contribution in [2.45, 2.75) is 32.9 Å². The van der Waals surface area contributed by atoms with Crippen LogP contribution in [0.5, 0.6) is 11.5 Å². The summed E-state index contributed by atoms with van der Waals surface area (Å²) in [4.78, 5) is 27.1. The van der Waals surface area contributed by atoms with Gasteiger partial charge in [0.1, 0.15) is 11.5 Å². The number of ether oxygens (including phenoxy) is 2. The fraction of sp³-hybridized carbons (Fsp3) is 0.231. The van der Waals surface area contributed by atoms with Crippen LogP contribution < -0.4 is 19.7 Å². The molecular weight excluding hydrogens is 404 g/mol. The van der Waals surface area contributed by atoms with Crippen molar-refractivity contribution < 1.29 is 19.1 Å². The first kappa shape index (κ1) is 21.4. The lowest BCUT2D eigenvalue weighted by Crippen LogP contribution is -2.44. The molecule has 0 bridgehead atoms. The Labute approximate surface area is 187 Å². The van der Waals surface area contributed by atoms with Gasteiger partial charge in [0.2, 0.25) is 5.91 Å². The van der Waals surface area contributed by atoms with Gasteiger partial charge in [-0.25, -0.2) is 0 Å². The first-order valence-electron chi connectivity index (χ1n) is 10.7. The zero-order chi connectivity index (χ0) is 22.5. The number of benzene rings is 3. The second kappa shape index (κ2) is 9.56. The second-order valence-corrected chi connectivity index (χ2v) is 7.65. The highest BCUT2D eigenvalue weighted by atomic mass is 16.5. The highest BCUT2D eigenvalue weighted by molar-refractivity contribution is 6.01. The molecule has 0 spiro atoms. The van der Waals surface area contributed by atoms with Crippen LogP contribution in [0.1, 0.15) is 25.0 Å². The molecule has 0 fully saturated rings. The maximum Gasteiger partial charge on any atom is 0.268 e. The number of carbonyl (C=O) groups excluding carboxylic acids is 2. The van der Waals surface area contributed by atoms with Crippen LogP contribution in [0, 0.1) is 0 Å². The maximum absolute atomic E-state index is 12.8. The molecule has 3 aromatic carbocycles. The minimum Gasteiger partial charge on any atom is -0.494 e. The highest BCUT2D eigenvalue weighted by Crippen LogP contribution is 2.37. The van der Waals surface area contributed by atoms with Gasteiger partial charge in [-0.1, -0.05) is 42.5 Å². The number of anilines is 2. The molecule has 6 nitrogen and oxygen atoms in total. The van der Waals surface area contributed by atoms with Gasteiger partial charge in [-0.3, -0.25) is 9.59 Å². The van der Waals surface area contributed by atoms with E-state index in [1.165, 1.54) is 0 Å². The molecular formula is C26H26N2O4. The number of nitrogens with one attached hydrogen (secondary N) is 1. The summed E-state index contributed by atoms with van der Waals surface area (Å²) >= 11 is 0. The number of carbonyl (C=O) groups is 2. The summed E-state index contributed by atoms with van der Waals surface area (Å²) in [6.45, 7) is 4.71. The van der Waals surface area contributed by atoms with Crippen molar-refractivity contribution in [2.24, 2.45) is 0 Å². The van der Waals surface area contributed by atoms with Gasteiger partial charge in [-0.05, 0) is 55.3 Å². The van der Waals surface area contributed by atoms with E-state index in [0.29, 0.717) is 30.3 Å². The number of amides is 2. The van der Waals surface area contributed by atoms with Crippen LogP contribution in [0.2, 0.25) is 0 Å². The van der Waals surface area contributed by atoms with Crippen LogP contribution >= 0.6 is 0 Å². The topological polar surface area (TPSA) is 67.9 Å². The lowest BCUT2D eigenvalue weighted by molar-refractivity contribution is -0.125. The lowest BCUT2D eigenvalue weighted by Gasteiger charge is -2.33. The quantitative estimate of drug-likeness (QED) is 0.596. The third kappa shape index (κ3) is 4.91. The van der Waals surface area contributed by atoms with E-state index in [2.05, 4.69) is 5.32 Å². The Morgan fingerprint density at radius 2 is 1.78 bits per heavy atom. The van der Waals surface area contributed by atoms with Gasteiger partial charge in [-0.2, -0.15) is 0 Å². The average molecular weight is 431 g/mol. The molecule has 1 aliphatic rings. The van der Waals surface area contributed by atoms with Crippen molar-refractivity contribution in [1.29, 1.82) is 0 Å². The highest BCUT2D eigenvalue weighted by Gasteiger charge is 2.31. The molecule has 0 radical (unpaired) electrons. The summed E-state index contributed by atoms with van der Waals surface area (Å²) in [6.07, 6.45) is -0.324. The molecule has 1 unspecified atom stereocenters.